The monoisotopic (exact) mass is 371 g/mol. The second-order valence-electron chi connectivity index (χ2n) is 8.69. The van der Waals surface area contributed by atoms with Gasteiger partial charge >= 0.3 is 5.69 Å². The minimum Gasteiger partial charge on any atom is -0.379 e. The van der Waals surface area contributed by atoms with Crippen molar-refractivity contribution in [3.8, 4) is 0 Å². The first-order valence-electron chi connectivity index (χ1n) is 10.6. The molecule has 2 fully saturated rings. The Balaban J connectivity index is 1.45. The van der Waals surface area contributed by atoms with Crippen LogP contribution in [-0.2, 0) is 4.74 Å². The normalized spacial score (nSPS) is 28.0. The third-order valence-electron chi connectivity index (χ3n) is 6.88. The van der Waals surface area contributed by atoms with Crippen LogP contribution in [0.25, 0.3) is 11.0 Å². The van der Waals surface area contributed by atoms with E-state index in [4.69, 9.17) is 4.74 Å². The lowest BCUT2D eigenvalue weighted by Gasteiger charge is -2.48. The maximum Gasteiger partial charge on any atom is 0.326 e. The Morgan fingerprint density at radius 2 is 1.89 bits per heavy atom. The highest BCUT2D eigenvalue weighted by Gasteiger charge is 2.38. The summed E-state index contributed by atoms with van der Waals surface area (Å²) in [5.74, 6) is 0. The van der Waals surface area contributed by atoms with Gasteiger partial charge in [0, 0.05) is 31.3 Å². The number of nitrogens with one attached hydrogen (secondary N) is 1. The highest BCUT2D eigenvalue weighted by Crippen LogP contribution is 2.38. The van der Waals surface area contributed by atoms with Crippen LogP contribution in [0.3, 0.4) is 0 Å². The summed E-state index contributed by atoms with van der Waals surface area (Å²) in [6, 6.07) is 6.52. The summed E-state index contributed by atoms with van der Waals surface area (Å²) in [6.07, 6.45) is 7.32. The summed E-state index contributed by atoms with van der Waals surface area (Å²) < 4.78 is 7.84. The Morgan fingerprint density at radius 1 is 1.19 bits per heavy atom. The molecule has 1 aliphatic carbocycles. The lowest BCUT2D eigenvalue weighted by Crippen LogP contribution is -2.53. The van der Waals surface area contributed by atoms with Gasteiger partial charge in [-0.1, -0.05) is 6.07 Å². The van der Waals surface area contributed by atoms with Gasteiger partial charge in [0.1, 0.15) is 0 Å². The van der Waals surface area contributed by atoms with Gasteiger partial charge in [0.15, 0.2) is 0 Å². The van der Waals surface area contributed by atoms with Crippen LogP contribution in [0.4, 0.5) is 0 Å². The van der Waals surface area contributed by atoms with Gasteiger partial charge in [-0.25, -0.2) is 4.79 Å². The molecule has 0 atom stereocenters. The van der Waals surface area contributed by atoms with Crippen molar-refractivity contribution in [3.63, 3.8) is 0 Å². The first-order valence-corrected chi connectivity index (χ1v) is 10.6. The number of likely N-dealkylation sites (tertiary alicyclic amines) is 1. The van der Waals surface area contributed by atoms with Crippen LogP contribution in [0.15, 0.2) is 23.0 Å². The molecule has 27 heavy (non-hydrogen) atoms. The molecule has 0 unspecified atom stereocenters. The van der Waals surface area contributed by atoms with Crippen LogP contribution in [0.5, 0.6) is 0 Å². The van der Waals surface area contributed by atoms with Gasteiger partial charge in [-0.3, -0.25) is 9.47 Å². The van der Waals surface area contributed by atoms with Crippen LogP contribution in [0, 0.1) is 6.92 Å². The zero-order chi connectivity index (χ0) is 19.0. The highest BCUT2D eigenvalue weighted by atomic mass is 16.5. The van der Waals surface area contributed by atoms with E-state index in [2.05, 4.69) is 42.8 Å². The van der Waals surface area contributed by atoms with Crippen LogP contribution in [0.1, 0.15) is 64.0 Å². The Hall–Kier alpha value is -1.59. The highest BCUT2D eigenvalue weighted by molar-refractivity contribution is 5.76. The number of hydrogen-bond donors (Lipinski definition) is 1. The second-order valence-corrected chi connectivity index (χ2v) is 8.69. The molecule has 5 nitrogen and oxygen atoms in total. The molecule has 1 N–H and O–H groups in total. The largest absolute Gasteiger partial charge is 0.379 e. The van der Waals surface area contributed by atoms with E-state index in [0.717, 1.165) is 43.6 Å². The molecular formula is C22H33N3O2. The summed E-state index contributed by atoms with van der Waals surface area (Å²) in [5, 5.41) is 0. The number of aromatic nitrogens is 2. The van der Waals surface area contributed by atoms with E-state index in [9.17, 15) is 4.79 Å². The Bertz CT molecular complexity index is 837. The predicted molar refractivity (Wildman–Crippen MR) is 109 cm³/mol. The maximum atomic E-state index is 12.6. The molecule has 1 aliphatic heterocycles. The molecule has 0 spiro atoms. The van der Waals surface area contributed by atoms with Gasteiger partial charge in [0.05, 0.1) is 17.1 Å². The number of aryl methyl sites for hydroxylation is 1. The van der Waals surface area contributed by atoms with Crippen LogP contribution < -0.4 is 5.69 Å². The van der Waals surface area contributed by atoms with Crippen molar-refractivity contribution in [1.29, 1.82) is 0 Å². The van der Waals surface area contributed by atoms with Crippen LogP contribution >= 0.6 is 0 Å². The van der Waals surface area contributed by atoms with Gasteiger partial charge in [-0.05, 0) is 77.0 Å². The lowest BCUT2D eigenvalue weighted by atomic mass is 9.79. The Morgan fingerprint density at radius 3 is 2.56 bits per heavy atom. The minimum atomic E-state index is 0.0393. The number of hydrogen-bond acceptors (Lipinski definition) is 3. The van der Waals surface area contributed by atoms with Crippen molar-refractivity contribution in [1.82, 2.24) is 14.5 Å². The Kier molecular flexibility index (Phi) is 5.17. The molecule has 5 heteroatoms. The van der Waals surface area contributed by atoms with Crippen molar-refractivity contribution >= 4 is 11.0 Å². The number of nitrogens with zero attached hydrogens (tertiary/aromatic N) is 2. The topological polar surface area (TPSA) is 50.3 Å². The molecule has 0 amide bonds. The fourth-order valence-electron chi connectivity index (χ4n) is 5.19. The summed E-state index contributed by atoms with van der Waals surface area (Å²) in [4.78, 5) is 18.3. The molecule has 4 rings (SSSR count). The average molecular weight is 372 g/mol. The number of H-pyrrole nitrogens is 1. The fourth-order valence-corrected chi connectivity index (χ4v) is 5.19. The quantitative estimate of drug-likeness (QED) is 0.883. The number of rotatable bonds is 4. The van der Waals surface area contributed by atoms with Gasteiger partial charge in [0.2, 0.25) is 0 Å². The number of imidazole rings is 1. The molecule has 1 saturated carbocycles. The number of piperidine rings is 1. The van der Waals surface area contributed by atoms with Crippen molar-refractivity contribution in [2.24, 2.45) is 0 Å². The van der Waals surface area contributed by atoms with E-state index < -0.39 is 0 Å². The summed E-state index contributed by atoms with van der Waals surface area (Å²) >= 11 is 0. The average Bonchev–Trinajstić information content (AvgIpc) is 2.99. The third-order valence-corrected chi connectivity index (χ3v) is 6.88. The van der Waals surface area contributed by atoms with Crippen LogP contribution in [-0.4, -0.2) is 45.8 Å². The van der Waals surface area contributed by atoms with Gasteiger partial charge in [0.25, 0.3) is 0 Å². The first-order chi connectivity index (χ1) is 13.0. The first kappa shape index (κ1) is 18.8. The van der Waals surface area contributed by atoms with Crippen molar-refractivity contribution < 1.29 is 4.74 Å². The number of benzene rings is 1. The zero-order valence-corrected chi connectivity index (χ0v) is 17.0. The molecular weight excluding hydrogens is 338 g/mol. The molecule has 2 aromatic rings. The second kappa shape index (κ2) is 7.44. The van der Waals surface area contributed by atoms with Crippen LogP contribution in [0.2, 0.25) is 0 Å². The van der Waals surface area contributed by atoms with E-state index in [-0.39, 0.29) is 5.69 Å². The van der Waals surface area contributed by atoms with E-state index in [0.29, 0.717) is 17.7 Å². The van der Waals surface area contributed by atoms with E-state index in [1.165, 1.54) is 31.2 Å². The molecule has 1 saturated heterocycles. The summed E-state index contributed by atoms with van der Waals surface area (Å²) in [7, 11) is 0. The van der Waals surface area contributed by atoms with Gasteiger partial charge in [-0.2, -0.15) is 0 Å². The van der Waals surface area contributed by atoms with Crippen molar-refractivity contribution in [2.75, 3.05) is 19.7 Å². The molecule has 1 aromatic heterocycles. The third kappa shape index (κ3) is 3.59. The van der Waals surface area contributed by atoms with Gasteiger partial charge < -0.3 is 9.72 Å². The number of aromatic amines is 1. The van der Waals surface area contributed by atoms with E-state index in [1.54, 1.807) is 0 Å². The molecule has 2 aliphatic rings. The number of fused-ring (bicyclic) bond motifs is 1. The standard InChI is InChI=1S/C22H33N3O2/c1-4-27-18-7-11-22(3,12-8-18)24-13-9-17(10-14-24)25-20-15-16(2)5-6-19(20)23-21(25)26/h5-6,15,17-18H,4,7-14H2,1-3H3,(H,23,26)/t18-,22+. The van der Waals surface area contributed by atoms with Crippen molar-refractivity contribution in [2.45, 2.75) is 77.0 Å². The van der Waals surface area contributed by atoms with Gasteiger partial charge in [-0.15, -0.1) is 0 Å². The fraction of sp³-hybridized carbons (Fsp3) is 0.682. The minimum absolute atomic E-state index is 0.0393. The molecule has 0 radical (unpaired) electrons. The molecule has 1 aromatic carbocycles. The van der Waals surface area contributed by atoms with E-state index in [1.807, 2.05) is 10.6 Å². The Labute approximate surface area is 161 Å². The number of ether oxygens (including phenoxy) is 1. The summed E-state index contributed by atoms with van der Waals surface area (Å²) in [6.45, 7) is 9.58. The summed E-state index contributed by atoms with van der Waals surface area (Å²) in [5.41, 5.74) is 3.54. The molecule has 0 bridgehead atoms. The predicted octanol–water partition coefficient (Wildman–Crippen LogP) is 4.01. The zero-order valence-electron chi connectivity index (χ0n) is 17.0. The molecule has 2 heterocycles. The lowest BCUT2D eigenvalue weighted by molar-refractivity contribution is -0.0273. The van der Waals surface area contributed by atoms with E-state index >= 15 is 0 Å². The van der Waals surface area contributed by atoms with Crippen molar-refractivity contribution in [3.05, 3.63) is 34.2 Å². The SMILES string of the molecule is CCO[C@H]1CC[C@@](C)(N2CCC(n3c(=O)[nH]c4ccc(C)cc43)CC2)CC1. The smallest absolute Gasteiger partial charge is 0.326 e. The molecule has 148 valence electrons. The maximum absolute atomic E-state index is 12.6.